The van der Waals surface area contributed by atoms with Crippen LogP contribution < -0.4 is 21.9 Å². The van der Waals surface area contributed by atoms with E-state index in [4.69, 9.17) is 31.7 Å². The van der Waals surface area contributed by atoms with Crippen molar-refractivity contribution in [1.82, 2.24) is 9.88 Å². The molecule has 0 spiro atoms. The molecule has 1 saturated carbocycles. The molecule has 2 aromatic rings. The molecular weight excluding hydrogens is 476 g/mol. The number of aliphatic imine (C=N–C) groups is 1. The van der Waals surface area contributed by atoms with Gasteiger partial charge in [0.15, 0.2) is 5.96 Å². The summed E-state index contributed by atoms with van der Waals surface area (Å²) in [5.74, 6) is 2.50. The van der Waals surface area contributed by atoms with Crippen LogP contribution in [0.25, 0.3) is 0 Å². The standard InChI is InChI=1S/C30H46N6O2/c1-30(2,3)37-20-25(32)24(31)15-10-16-27(21-11-6-4-7-12-21)36-19-22-17-28(34-18-26(22)35-29(36)33)38-23-13-8-5-9-14-23/h5,8-9,13-14,17-18,21,24-25,27H,4,6-7,10-12,15-16,19-20,31-32H2,1-3H3,(H2,33,35). The molecule has 1 aromatic carbocycles. The Morgan fingerprint density at radius 2 is 1.76 bits per heavy atom. The van der Waals surface area contributed by atoms with E-state index in [0.717, 1.165) is 36.3 Å². The molecule has 38 heavy (non-hydrogen) atoms. The van der Waals surface area contributed by atoms with Crippen LogP contribution in [0, 0.1) is 5.92 Å². The summed E-state index contributed by atoms with van der Waals surface area (Å²) >= 11 is 0. The fourth-order valence-electron chi connectivity index (χ4n) is 5.51. The maximum absolute atomic E-state index is 6.58. The van der Waals surface area contributed by atoms with E-state index in [-0.39, 0.29) is 17.7 Å². The maximum atomic E-state index is 6.58. The topological polar surface area (TPSA) is 125 Å². The second-order valence-corrected chi connectivity index (χ2v) is 11.8. The van der Waals surface area contributed by atoms with E-state index in [1.807, 2.05) is 57.2 Å². The van der Waals surface area contributed by atoms with Crippen LogP contribution in [0.2, 0.25) is 0 Å². The van der Waals surface area contributed by atoms with Crippen molar-refractivity contribution in [1.29, 1.82) is 0 Å². The molecule has 1 aliphatic heterocycles. The molecule has 0 saturated heterocycles. The molecule has 2 heterocycles. The van der Waals surface area contributed by atoms with Gasteiger partial charge in [-0.1, -0.05) is 37.5 Å². The Morgan fingerprint density at radius 3 is 2.47 bits per heavy atom. The van der Waals surface area contributed by atoms with E-state index < -0.39 is 0 Å². The third-order valence-corrected chi connectivity index (χ3v) is 7.67. The van der Waals surface area contributed by atoms with Gasteiger partial charge in [-0.3, -0.25) is 0 Å². The number of nitrogens with zero attached hydrogens (tertiary/aromatic N) is 3. The molecule has 8 heteroatoms. The fourth-order valence-corrected chi connectivity index (χ4v) is 5.51. The SMILES string of the molecule is CC(C)(C)OCC(N)C(N)CCCC(C1CCCCC1)N1Cc2cc(Oc3ccccc3)ncc2N=C1N. The number of nitrogens with two attached hydrogens (primary N) is 3. The van der Waals surface area contributed by atoms with Crippen molar-refractivity contribution in [2.45, 2.75) is 102 Å². The van der Waals surface area contributed by atoms with Gasteiger partial charge in [-0.05, 0) is 70.9 Å². The molecule has 0 radical (unpaired) electrons. The van der Waals surface area contributed by atoms with E-state index in [9.17, 15) is 0 Å². The summed E-state index contributed by atoms with van der Waals surface area (Å²) in [6.45, 7) is 7.28. The fraction of sp³-hybridized carbons (Fsp3) is 0.600. The summed E-state index contributed by atoms with van der Waals surface area (Å²) in [6.07, 6.45) is 10.9. The minimum atomic E-state index is -0.216. The molecule has 8 nitrogen and oxygen atoms in total. The zero-order valence-electron chi connectivity index (χ0n) is 23.3. The lowest BCUT2D eigenvalue weighted by molar-refractivity contribution is -0.0129. The molecule has 0 amide bonds. The van der Waals surface area contributed by atoms with Crippen LogP contribution >= 0.6 is 0 Å². The second kappa shape index (κ2) is 12.9. The molecule has 6 N–H and O–H groups in total. The van der Waals surface area contributed by atoms with Gasteiger partial charge in [0.1, 0.15) is 5.75 Å². The highest BCUT2D eigenvalue weighted by atomic mass is 16.5. The minimum absolute atomic E-state index is 0.0961. The Hall–Kier alpha value is -2.68. The third kappa shape index (κ3) is 7.91. The molecule has 2 aliphatic rings. The Labute approximate surface area is 228 Å². The average molecular weight is 523 g/mol. The lowest BCUT2D eigenvalue weighted by Crippen LogP contribution is -2.49. The zero-order valence-corrected chi connectivity index (χ0v) is 23.3. The predicted octanol–water partition coefficient (Wildman–Crippen LogP) is 5.22. The van der Waals surface area contributed by atoms with Gasteiger partial charge < -0.3 is 31.6 Å². The number of pyridine rings is 1. The molecule has 208 valence electrons. The van der Waals surface area contributed by atoms with Crippen molar-refractivity contribution >= 4 is 11.6 Å². The average Bonchev–Trinajstić information content (AvgIpc) is 2.90. The predicted molar refractivity (Wildman–Crippen MR) is 153 cm³/mol. The summed E-state index contributed by atoms with van der Waals surface area (Å²) in [6, 6.07) is 11.8. The zero-order chi connectivity index (χ0) is 27.1. The Morgan fingerprint density at radius 1 is 1.03 bits per heavy atom. The number of benzene rings is 1. The highest BCUT2D eigenvalue weighted by Gasteiger charge is 2.32. The normalized spacial score (nSPS) is 18.9. The molecule has 3 unspecified atom stereocenters. The van der Waals surface area contributed by atoms with E-state index in [0.29, 0.717) is 37.0 Å². The highest BCUT2D eigenvalue weighted by molar-refractivity contribution is 5.83. The first-order chi connectivity index (χ1) is 18.2. The molecule has 0 bridgehead atoms. The number of fused-ring (bicyclic) bond motifs is 1. The number of hydrogen-bond acceptors (Lipinski definition) is 8. The van der Waals surface area contributed by atoms with Crippen LogP contribution in [0.5, 0.6) is 11.6 Å². The maximum Gasteiger partial charge on any atom is 0.219 e. The number of guanidine groups is 1. The number of ether oxygens (including phenoxy) is 2. The minimum Gasteiger partial charge on any atom is -0.439 e. The van der Waals surface area contributed by atoms with Crippen molar-refractivity contribution in [2.75, 3.05) is 6.61 Å². The van der Waals surface area contributed by atoms with Crippen molar-refractivity contribution in [3.8, 4) is 11.6 Å². The first-order valence-corrected chi connectivity index (χ1v) is 14.2. The number of aromatic nitrogens is 1. The molecule has 4 rings (SSSR count). The lowest BCUT2D eigenvalue weighted by atomic mass is 9.80. The third-order valence-electron chi connectivity index (χ3n) is 7.67. The first kappa shape index (κ1) is 28.3. The van der Waals surface area contributed by atoms with Gasteiger partial charge in [0.05, 0.1) is 24.1 Å². The number of para-hydroxylation sites is 1. The van der Waals surface area contributed by atoms with E-state index >= 15 is 0 Å². The molecule has 3 atom stereocenters. The summed E-state index contributed by atoms with van der Waals surface area (Å²) in [7, 11) is 0. The van der Waals surface area contributed by atoms with Crippen LogP contribution in [-0.2, 0) is 11.3 Å². The van der Waals surface area contributed by atoms with Crippen molar-refractivity contribution in [3.63, 3.8) is 0 Å². The van der Waals surface area contributed by atoms with Crippen LogP contribution in [-0.4, -0.2) is 46.2 Å². The quantitative estimate of drug-likeness (QED) is 0.369. The van der Waals surface area contributed by atoms with E-state index in [2.05, 4.69) is 9.88 Å². The smallest absolute Gasteiger partial charge is 0.219 e. The summed E-state index contributed by atoms with van der Waals surface area (Å²) < 4.78 is 11.9. The summed E-state index contributed by atoms with van der Waals surface area (Å²) in [5, 5.41) is 0. The Kier molecular flexibility index (Phi) is 9.63. The van der Waals surface area contributed by atoms with Crippen LogP contribution in [0.15, 0.2) is 47.6 Å². The summed E-state index contributed by atoms with van der Waals surface area (Å²) in [5.41, 5.74) is 21.1. The molecule has 1 aliphatic carbocycles. The van der Waals surface area contributed by atoms with E-state index in [1.165, 1.54) is 32.1 Å². The van der Waals surface area contributed by atoms with Crippen LogP contribution in [0.4, 0.5) is 5.69 Å². The Balaban J connectivity index is 1.43. The van der Waals surface area contributed by atoms with Crippen molar-refractivity contribution in [2.24, 2.45) is 28.1 Å². The highest BCUT2D eigenvalue weighted by Crippen LogP contribution is 2.36. The Bertz CT molecular complexity index is 1050. The van der Waals surface area contributed by atoms with Crippen molar-refractivity contribution in [3.05, 3.63) is 48.2 Å². The lowest BCUT2D eigenvalue weighted by Gasteiger charge is -2.41. The molecular formula is C30H46N6O2. The summed E-state index contributed by atoms with van der Waals surface area (Å²) in [4.78, 5) is 11.5. The number of rotatable bonds is 11. The van der Waals surface area contributed by atoms with Gasteiger partial charge in [0.2, 0.25) is 5.88 Å². The van der Waals surface area contributed by atoms with Gasteiger partial charge in [-0.2, -0.15) is 0 Å². The van der Waals surface area contributed by atoms with Gasteiger partial charge in [0, 0.05) is 36.3 Å². The first-order valence-electron chi connectivity index (χ1n) is 14.2. The van der Waals surface area contributed by atoms with E-state index in [1.54, 1.807) is 6.20 Å². The molecule has 1 fully saturated rings. The largest absolute Gasteiger partial charge is 0.439 e. The van der Waals surface area contributed by atoms with Crippen LogP contribution in [0.3, 0.4) is 0 Å². The van der Waals surface area contributed by atoms with Crippen LogP contribution in [0.1, 0.15) is 77.7 Å². The molecule has 1 aromatic heterocycles. The van der Waals surface area contributed by atoms with Gasteiger partial charge >= 0.3 is 0 Å². The van der Waals surface area contributed by atoms with Crippen molar-refractivity contribution < 1.29 is 9.47 Å². The monoisotopic (exact) mass is 522 g/mol. The number of hydrogen-bond donors (Lipinski definition) is 3. The van der Waals surface area contributed by atoms with Gasteiger partial charge in [0.25, 0.3) is 0 Å². The van der Waals surface area contributed by atoms with Gasteiger partial charge in [-0.15, -0.1) is 0 Å². The second-order valence-electron chi connectivity index (χ2n) is 11.8. The van der Waals surface area contributed by atoms with Gasteiger partial charge in [-0.25, -0.2) is 9.98 Å².